The van der Waals surface area contributed by atoms with E-state index in [0.29, 0.717) is 12.1 Å². The molecule has 142 valence electrons. The molecule has 27 heavy (non-hydrogen) atoms. The van der Waals surface area contributed by atoms with Crippen LogP contribution in [0.25, 0.3) is 0 Å². The Hall–Kier alpha value is -3.09. The Morgan fingerprint density at radius 2 is 1.85 bits per heavy atom. The third kappa shape index (κ3) is 4.75. The second-order valence-corrected chi connectivity index (χ2v) is 6.34. The number of hydrogen-bond donors (Lipinski definition) is 2. The van der Waals surface area contributed by atoms with Crippen LogP contribution in [0.3, 0.4) is 0 Å². The first kappa shape index (κ1) is 18.7. The summed E-state index contributed by atoms with van der Waals surface area (Å²) in [5, 5.41) is 6.04. The van der Waals surface area contributed by atoms with Crippen LogP contribution in [-0.2, 0) is 6.54 Å². The Morgan fingerprint density at radius 3 is 2.44 bits per heavy atom. The molecule has 0 atom stereocenters. The Morgan fingerprint density at radius 1 is 1.11 bits per heavy atom. The lowest BCUT2D eigenvalue weighted by atomic mass is 10.1. The van der Waals surface area contributed by atoms with Gasteiger partial charge in [-0.2, -0.15) is 0 Å². The number of guanidine groups is 1. The number of aliphatic imine (C=N–C) groups is 1. The molecule has 0 radical (unpaired) electrons. The average molecular weight is 366 g/mol. The fraction of sp³-hybridized carbons (Fsp3) is 0.350. The summed E-state index contributed by atoms with van der Waals surface area (Å²) >= 11 is 0. The monoisotopic (exact) mass is 366 g/mol. The third-order valence-electron chi connectivity index (χ3n) is 4.66. The molecule has 3 rings (SSSR count). The molecule has 1 fully saturated rings. The number of nitrogens with zero attached hydrogens (tertiary/aromatic N) is 4. The summed E-state index contributed by atoms with van der Waals surface area (Å²) in [5.41, 5.74) is 1.77. The summed E-state index contributed by atoms with van der Waals surface area (Å²) in [6, 6.07) is 13.6. The topological polar surface area (TPSA) is 72.9 Å². The molecule has 1 saturated heterocycles. The highest BCUT2D eigenvalue weighted by molar-refractivity contribution is 5.93. The van der Waals surface area contributed by atoms with E-state index >= 15 is 0 Å². The van der Waals surface area contributed by atoms with Crippen molar-refractivity contribution in [3.8, 4) is 0 Å². The second kappa shape index (κ2) is 9.02. The van der Waals surface area contributed by atoms with Crippen molar-refractivity contribution in [2.75, 3.05) is 45.2 Å². The van der Waals surface area contributed by atoms with Crippen molar-refractivity contribution in [3.63, 3.8) is 0 Å². The second-order valence-electron chi connectivity index (χ2n) is 6.34. The highest BCUT2D eigenvalue weighted by atomic mass is 16.1. The number of nitrogens with one attached hydrogen (secondary N) is 2. The smallest absolute Gasteiger partial charge is 0.251 e. The van der Waals surface area contributed by atoms with E-state index in [2.05, 4.69) is 30.4 Å². The van der Waals surface area contributed by atoms with Crippen molar-refractivity contribution in [1.29, 1.82) is 0 Å². The predicted molar refractivity (Wildman–Crippen MR) is 108 cm³/mol. The molecule has 1 aliphatic rings. The number of amides is 1. The van der Waals surface area contributed by atoms with Crippen LogP contribution < -0.4 is 15.5 Å². The van der Waals surface area contributed by atoms with Crippen LogP contribution in [0, 0.1) is 0 Å². The third-order valence-corrected chi connectivity index (χ3v) is 4.66. The van der Waals surface area contributed by atoms with Crippen LogP contribution in [0.15, 0.2) is 53.7 Å². The van der Waals surface area contributed by atoms with Gasteiger partial charge in [0.05, 0.1) is 0 Å². The van der Waals surface area contributed by atoms with Crippen LogP contribution in [0.1, 0.15) is 15.9 Å². The van der Waals surface area contributed by atoms with Gasteiger partial charge in [0.2, 0.25) is 0 Å². The summed E-state index contributed by atoms with van der Waals surface area (Å²) in [6.45, 7) is 4.29. The van der Waals surface area contributed by atoms with E-state index < -0.39 is 0 Å². The van der Waals surface area contributed by atoms with Gasteiger partial charge in [0, 0.05) is 58.6 Å². The summed E-state index contributed by atoms with van der Waals surface area (Å²) in [6.07, 6.45) is 1.83. The van der Waals surface area contributed by atoms with Crippen LogP contribution >= 0.6 is 0 Å². The Bertz CT molecular complexity index is 767. The molecule has 1 aromatic heterocycles. The molecule has 1 aromatic carbocycles. The molecule has 2 aromatic rings. The zero-order chi connectivity index (χ0) is 19.1. The molecule has 2 N–H and O–H groups in total. The summed E-state index contributed by atoms with van der Waals surface area (Å²) in [5.74, 6) is 1.85. The minimum Gasteiger partial charge on any atom is -0.355 e. The van der Waals surface area contributed by atoms with Gasteiger partial charge in [0.15, 0.2) is 5.96 Å². The lowest BCUT2D eigenvalue weighted by molar-refractivity contribution is 0.0963. The summed E-state index contributed by atoms with van der Waals surface area (Å²) in [4.78, 5) is 25.0. The highest BCUT2D eigenvalue weighted by Crippen LogP contribution is 2.12. The number of hydrogen-bond acceptors (Lipinski definition) is 4. The predicted octanol–water partition coefficient (Wildman–Crippen LogP) is 1.34. The number of piperazine rings is 1. The molecular weight excluding hydrogens is 340 g/mol. The molecular formula is C20H26N6O. The molecule has 0 spiro atoms. The standard InChI is InChI=1S/C20H26N6O/c1-21-19(27)17-8-6-16(7-9-17)15-24-20(22-2)26-13-11-25(12-14-26)18-5-3-4-10-23-18/h3-10H,11-15H2,1-2H3,(H,21,27)(H,22,24). The lowest BCUT2D eigenvalue weighted by Crippen LogP contribution is -2.52. The van der Waals surface area contributed by atoms with Gasteiger partial charge in [-0.1, -0.05) is 18.2 Å². The summed E-state index contributed by atoms with van der Waals surface area (Å²) < 4.78 is 0. The average Bonchev–Trinajstić information content (AvgIpc) is 2.75. The normalized spacial score (nSPS) is 14.8. The molecule has 0 saturated carbocycles. The minimum absolute atomic E-state index is 0.0731. The molecule has 2 heterocycles. The summed E-state index contributed by atoms with van der Waals surface area (Å²) in [7, 11) is 3.44. The maximum Gasteiger partial charge on any atom is 0.251 e. The quantitative estimate of drug-likeness (QED) is 0.631. The van der Waals surface area contributed by atoms with Crippen molar-refractivity contribution < 1.29 is 4.79 Å². The zero-order valence-corrected chi connectivity index (χ0v) is 15.9. The molecule has 1 amide bonds. The Labute approximate surface area is 160 Å². The SMILES string of the molecule is CN=C(NCc1ccc(C(=O)NC)cc1)N1CCN(c2ccccn2)CC1. The zero-order valence-electron chi connectivity index (χ0n) is 15.9. The van der Waals surface area contributed by atoms with E-state index in [1.165, 1.54) is 0 Å². The molecule has 1 aliphatic heterocycles. The van der Waals surface area contributed by atoms with Crippen LogP contribution in [0.5, 0.6) is 0 Å². The first-order valence-corrected chi connectivity index (χ1v) is 9.14. The molecule has 0 unspecified atom stereocenters. The van der Waals surface area contributed by atoms with Crippen LogP contribution in [0.4, 0.5) is 5.82 Å². The van der Waals surface area contributed by atoms with E-state index in [0.717, 1.165) is 43.5 Å². The number of anilines is 1. The number of carbonyl (C=O) groups is 1. The van der Waals surface area contributed by atoms with Gasteiger partial charge in [-0.3, -0.25) is 9.79 Å². The number of benzene rings is 1. The van der Waals surface area contributed by atoms with E-state index in [1.54, 1.807) is 7.05 Å². The lowest BCUT2D eigenvalue weighted by Gasteiger charge is -2.37. The van der Waals surface area contributed by atoms with Gasteiger partial charge in [-0.15, -0.1) is 0 Å². The van der Waals surface area contributed by atoms with E-state index in [9.17, 15) is 4.79 Å². The number of carbonyl (C=O) groups excluding carboxylic acids is 1. The van der Waals surface area contributed by atoms with Gasteiger partial charge in [-0.25, -0.2) is 4.98 Å². The van der Waals surface area contributed by atoms with Crippen LogP contribution in [0.2, 0.25) is 0 Å². The van der Waals surface area contributed by atoms with Crippen LogP contribution in [-0.4, -0.2) is 62.0 Å². The molecule has 0 aliphatic carbocycles. The minimum atomic E-state index is -0.0731. The number of pyridine rings is 1. The Kier molecular flexibility index (Phi) is 6.25. The highest BCUT2D eigenvalue weighted by Gasteiger charge is 2.20. The van der Waals surface area contributed by atoms with E-state index in [4.69, 9.17) is 0 Å². The molecule has 7 heteroatoms. The maximum absolute atomic E-state index is 11.6. The first-order chi connectivity index (χ1) is 13.2. The van der Waals surface area contributed by atoms with Crippen molar-refractivity contribution in [2.24, 2.45) is 4.99 Å². The van der Waals surface area contributed by atoms with Gasteiger partial charge < -0.3 is 20.4 Å². The molecule has 0 bridgehead atoms. The first-order valence-electron chi connectivity index (χ1n) is 9.14. The molecule has 7 nitrogen and oxygen atoms in total. The fourth-order valence-corrected chi connectivity index (χ4v) is 3.12. The van der Waals surface area contributed by atoms with Gasteiger partial charge >= 0.3 is 0 Å². The Balaban J connectivity index is 1.52. The van der Waals surface area contributed by atoms with E-state index in [-0.39, 0.29) is 5.91 Å². The largest absolute Gasteiger partial charge is 0.355 e. The van der Waals surface area contributed by atoms with Crippen molar-refractivity contribution in [3.05, 3.63) is 59.8 Å². The van der Waals surface area contributed by atoms with Gasteiger partial charge in [0.1, 0.15) is 5.82 Å². The maximum atomic E-state index is 11.6. The van der Waals surface area contributed by atoms with Crippen molar-refractivity contribution in [2.45, 2.75) is 6.54 Å². The van der Waals surface area contributed by atoms with Gasteiger partial charge in [0.25, 0.3) is 5.91 Å². The van der Waals surface area contributed by atoms with E-state index in [1.807, 2.05) is 55.7 Å². The number of rotatable bonds is 4. The number of aromatic nitrogens is 1. The fourth-order valence-electron chi connectivity index (χ4n) is 3.12. The van der Waals surface area contributed by atoms with Crippen molar-refractivity contribution in [1.82, 2.24) is 20.5 Å². The van der Waals surface area contributed by atoms with Crippen molar-refractivity contribution >= 4 is 17.7 Å². The van der Waals surface area contributed by atoms with Gasteiger partial charge in [-0.05, 0) is 29.8 Å².